The van der Waals surface area contributed by atoms with Crippen LogP contribution in [0.25, 0.3) is 22.3 Å². The average molecular weight is 319 g/mol. The molecule has 4 nitrogen and oxygen atoms in total. The van der Waals surface area contributed by atoms with Crippen LogP contribution >= 0.6 is 0 Å². The molecule has 2 aromatic heterocycles. The van der Waals surface area contributed by atoms with Gasteiger partial charge in [-0.15, -0.1) is 0 Å². The third-order valence-corrected chi connectivity index (χ3v) is 4.79. The molecular formula is C20H21N3O. The van der Waals surface area contributed by atoms with Crippen molar-refractivity contribution < 1.29 is 4.79 Å². The molecule has 1 amide bonds. The quantitative estimate of drug-likeness (QED) is 0.721. The molecule has 0 bridgehead atoms. The number of hydrogen-bond acceptors (Lipinski definition) is 2. The van der Waals surface area contributed by atoms with E-state index in [1.54, 1.807) is 0 Å². The summed E-state index contributed by atoms with van der Waals surface area (Å²) in [5.41, 5.74) is 4.66. The number of likely N-dealkylation sites (tertiary alicyclic amines) is 1. The molecule has 0 aliphatic carbocycles. The average Bonchev–Trinajstić information content (AvgIpc) is 3.25. The van der Waals surface area contributed by atoms with Crippen LogP contribution in [-0.2, 0) is 7.05 Å². The Morgan fingerprint density at radius 2 is 1.92 bits per heavy atom. The van der Waals surface area contributed by atoms with Crippen molar-refractivity contribution in [3.8, 4) is 11.4 Å². The van der Waals surface area contributed by atoms with E-state index < -0.39 is 0 Å². The van der Waals surface area contributed by atoms with Crippen molar-refractivity contribution in [2.75, 3.05) is 13.1 Å². The summed E-state index contributed by atoms with van der Waals surface area (Å²) in [4.78, 5) is 19.8. The molecule has 0 saturated carbocycles. The van der Waals surface area contributed by atoms with Crippen LogP contribution in [0.15, 0.2) is 42.6 Å². The number of aromatic nitrogens is 2. The van der Waals surface area contributed by atoms with Gasteiger partial charge in [-0.2, -0.15) is 0 Å². The number of carbonyl (C=O) groups is 1. The molecular weight excluding hydrogens is 298 g/mol. The highest BCUT2D eigenvalue weighted by molar-refractivity contribution is 6.07. The maximum atomic E-state index is 13.1. The van der Waals surface area contributed by atoms with E-state index in [0.717, 1.165) is 59.3 Å². The van der Waals surface area contributed by atoms with Gasteiger partial charge in [-0.1, -0.05) is 11.6 Å². The first kappa shape index (κ1) is 14.9. The van der Waals surface area contributed by atoms with Crippen molar-refractivity contribution in [2.24, 2.45) is 7.05 Å². The Labute approximate surface area is 141 Å². The van der Waals surface area contributed by atoms with Gasteiger partial charge in [0.05, 0.1) is 22.5 Å². The van der Waals surface area contributed by atoms with Gasteiger partial charge in [-0.3, -0.25) is 4.79 Å². The molecule has 0 radical (unpaired) electrons. The van der Waals surface area contributed by atoms with Gasteiger partial charge >= 0.3 is 0 Å². The molecule has 1 aliphatic heterocycles. The van der Waals surface area contributed by atoms with E-state index in [1.807, 2.05) is 53.0 Å². The van der Waals surface area contributed by atoms with Gasteiger partial charge in [0.25, 0.3) is 5.91 Å². The molecule has 0 unspecified atom stereocenters. The number of pyridine rings is 1. The van der Waals surface area contributed by atoms with Crippen LogP contribution in [0.5, 0.6) is 0 Å². The summed E-state index contributed by atoms with van der Waals surface area (Å²) in [5, 5.41) is 0.949. The van der Waals surface area contributed by atoms with Gasteiger partial charge in [0.15, 0.2) is 0 Å². The SMILES string of the molecule is Cc1ccc2nc(-c3cccn3C)cc(C(=O)N3CCCC3)c2c1. The number of benzene rings is 1. The molecule has 122 valence electrons. The monoisotopic (exact) mass is 319 g/mol. The Balaban J connectivity index is 1.93. The summed E-state index contributed by atoms with van der Waals surface area (Å²) in [6.45, 7) is 3.76. The Kier molecular flexibility index (Phi) is 3.60. The fraction of sp³-hybridized carbons (Fsp3) is 0.300. The van der Waals surface area contributed by atoms with E-state index in [9.17, 15) is 4.79 Å². The van der Waals surface area contributed by atoms with E-state index in [-0.39, 0.29) is 5.91 Å². The van der Waals surface area contributed by atoms with Gasteiger partial charge in [0, 0.05) is 31.7 Å². The summed E-state index contributed by atoms with van der Waals surface area (Å²) in [7, 11) is 2.00. The number of rotatable bonds is 2. The van der Waals surface area contributed by atoms with Crippen LogP contribution in [-0.4, -0.2) is 33.4 Å². The Hall–Kier alpha value is -2.62. The second-order valence-electron chi connectivity index (χ2n) is 6.58. The molecule has 3 aromatic rings. The Morgan fingerprint density at radius 3 is 2.62 bits per heavy atom. The van der Waals surface area contributed by atoms with E-state index in [2.05, 4.69) is 13.0 Å². The van der Waals surface area contributed by atoms with Gasteiger partial charge in [0.1, 0.15) is 0 Å². The van der Waals surface area contributed by atoms with Crippen molar-refractivity contribution in [1.29, 1.82) is 0 Å². The van der Waals surface area contributed by atoms with Crippen LogP contribution in [0.4, 0.5) is 0 Å². The van der Waals surface area contributed by atoms with Crippen molar-refractivity contribution in [1.82, 2.24) is 14.5 Å². The lowest BCUT2D eigenvalue weighted by Gasteiger charge is -2.17. The van der Waals surface area contributed by atoms with Crippen LogP contribution in [0.3, 0.4) is 0 Å². The minimum atomic E-state index is 0.126. The van der Waals surface area contributed by atoms with Crippen molar-refractivity contribution in [3.63, 3.8) is 0 Å². The van der Waals surface area contributed by atoms with Crippen molar-refractivity contribution >= 4 is 16.8 Å². The molecule has 0 N–H and O–H groups in total. The van der Waals surface area contributed by atoms with E-state index in [1.165, 1.54) is 0 Å². The Morgan fingerprint density at radius 1 is 1.12 bits per heavy atom. The number of hydrogen-bond donors (Lipinski definition) is 0. The predicted octanol–water partition coefficient (Wildman–Crippen LogP) is 3.78. The fourth-order valence-corrected chi connectivity index (χ4v) is 3.47. The zero-order valence-electron chi connectivity index (χ0n) is 14.1. The molecule has 0 atom stereocenters. The van der Waals surface area contributed by atoms with E-state index in [0.29, 0.717) is 0 Å². The maximum Gasteiger partial charge on any atom is 0.254 e. The van der Waals surface area contributed by atoms with Crippen LogP contribution < -0.4 is 0 Å². The lowest BCUT2D eigenvalue weighted by atomic mass is 10.0. The lowest BCUT2D eigenvalue weighted by molar-refractivity contribution is 0.0794. The molecule has 3 heterocycles. The third-order valence-electron chi connectivity index (χ3n) is 4.79. The first-order chi connectivity index (χ1) is 11.6. The molecule has 1 aromatic carbocycles. The molecule has 4 rings (SSSR count). The van der Waals surface area contributed by atoms with E-state index in [4.69, 9.17) is 4.98 Å². The topological polar surface area (TPSA) is 38.1 Å². The molecule has 1 fully saturated rings. The second-order valence-corrected chi connectivity index (χ2v) is 6.58. The summed E-state index contributed by atoms with van der Waals surface area (Å²) >= 11 is 0. The minimum Gasteiger partial charge on any atom is -0.349 e. The number of amides is 1. The maximum absolute atomic E-state index is 13.1. The summed E-state index contributed by atoms with van der Waals surface area (Å²) < 4.78 is 2.03. The standard InChI is InChI=1S/C20H21N3O/c1-14-7-8-17-15(12-14)16(20(24)23-10-3-4-11-23)13-18(21-17)19-6-5-9-22(19)2/h5-9,12-13H,3-4,10-11H2,1-2H3. The van der Waals surface area contributed by atoms with Crippen LogP contribution in [0.2, 0.25) is 0 Å². The summed E-state index contributed by atoms with van der Waals surface area (Å²) in [6, 6.07) is 12.1. The van der Waals surface area contributed by atoms with Gasteiger partial charge in [-0.25, -0.2) is 4.98 Å². The number of carbonyl (C=O) groups excluding carboxylic acids is 1. The first-order valence-electron chi connectivity index (χ1n) is 8.46. The minimum absolute atomic E-state index is 0.126. The highest BCUT2D eigenvalue weighted by Crippen LogP contribution is 2.27. The van der Waals surface area contributed by atoms with Crippen LogP contribution in [0.1, 0.15) is 28.8 Å². The molecule has 1 aliphatic rings. The molecule has 4 heteroatoms. The summed E-state index contributed by atoms with van der Waals surface area (Å²) in [5.74, 6) is 0.126. The smallest absolute Gasteiger partial charge is 0.254 e. The van der Waals surface area contributed by atoms with Crippen molar-refractivity contribution in [2.45, 2.75) is 19.8 Å². The van der Waals surface area contributed by atoms with Crippen LogP contribution in [0, 0.1) is 6.92 Å². The summed E-state index contributed by atoms with van der Waals surface area (Å²) in [6.07, 6.45) is 4.19. The van der Waals surface area contributed by atoms with Gasteiger partial charge in [-0.05, 0) is 50.1 Å². The number of nitrogens with zero attached hydrogens (tertiary/aromatic N) is 3. The predicted molar refractivity (Wildman–Crippen MR) is 96.0 cm³/mol. The first-order valence-corrected chi connectivity index (χ1v) is 8.46. The zero-order valence-corrected chi connectivity index (χ0v) is 14.1. The largest absolute Gasteiger partial charge is 0.349 e. The van der Waals surface area contributed by atoms with Crippen molar-refractivity contribution in [3.05, 3.63) is 53.7 Å². The lowest BCUT2D eigenvalue weighted by Crippen LogP contribution is -2.28. The Bertz CT molecular complexity index is 920. The normalized spacial score (nSPS) is 14.5. The number of fused-ring (bicyclic) bond motifs is 1. The van der Waals surface area contributed by atoms with E-state index >= 15 is 0 Å². The van der Waals surface area contributed by atoms with Gasteiger partial charge in [0.2, 0.25) is 0 Å². The molecule has 1 saturated heterocycles. The fourth-order valence-electron chi connectivity index (χ4n) is 3.47. The third kappa shape index (κ3) is 2.48. The zero-order chi connectivity index (χ0) is 16.7. The van der Waals surface area contributed by atoms with Gasteiger partial charge < -0.3 is 9.47 Å². The highest BCUT2D eigenvalue weighted by Gasteiger charge is 2.22. The highest BCUT2D eigenvalue weighted by atomic mass is 16.2. The second kappa shape index (κ2) is 5.78. The number of aryl methyl sites for hydroxylation is 2. The molecule has 24 heavy (non-hydrogen) atoms. The molecule has 0 spiro atoms.